The van der Waals surface area contributed by atoms with Gasteiger partial charge in [-0.15, -0.1) is 0 Å². The molecule has 5 heterocycles. The Morgan fingerprint density at radius 3 is 2.69 bits per heavy atom. The van der Waals surface area contributed by atoms with Crippen molar-refractivity contribution in [3.8, 4) is 11.4 Å². The number of rotatable bonds is 6. The number of aromatic nitrogens is 5. The maximum absolute atomic E-state index is 13.6. The van der Waals surface area contributed by atoms with Crippen LogP contribution in [0.4, 0.5) is 21.7 Å². The molecule has 4 aromatic heterocycles. The molecule has 3 N–H and O–H groups in total. The van der Waals surface area contributed by atoms with Crippen molar-refractivity contribution in [3.05, 3.63) is 60.6 Å². The number of nitrogens with one attached hydrogen (secondary N) is 3. The number of pyridine rings is 3. The average Bonchev–Trinajstić information content (AvgIpc) is 3.70. The zero-order valence-corrected chi connectivity index (χ0v) is 20.4. The van der Waals surface area contributed by atoms with E-state index in [1.54, 1.807) is 12.4 Å². The second-order valence-electron chi connectivity index (χ2n) is 10.4. The van der Waals surface area contributed by atoms with Crippen LogP contribution in [-0.4, -0.2) is 44.1 Å². The third kappa shape index (κ3) is 4.58. The van der Waals surface area contributed by atoms with Crippen molar-refractivity contribution in [1.82, 2.24) is 30.2 Å². The zero-order chi connectivity index (χ0) is 24.7. The Morgan fingerprint density at radius 2 is 1.89 bits per heavy atom. The van der Waals surface area contributed by atoms with E-state index in [0.29, 0.717) is 23.2 Å². The molecule has 2 aliphatic rings. The number of fused-ring (bicyclic) bond motifs is 1. The van der Waals surface area contributed by atoms with Crippen LogP contribution in [0.2, 0.25) is 0 Å². The van der Waals surface area contributed by atoms with Gasteiger partial charge >= 0.3 is 0 Å². The van der Waals surface area contributed by atoms with Gasteiger partial charge in [0.05, 0.1) is 29.8 Å². The van der Waals surface area contributed by atoms with E-state index in [4.69, 9.17) is 9.97 Å². The van der Waals surface area contributed by atoms with Crippen LogP contribution in [-0.2, 0) is 0 Å². The summed E-state index contributed by atoms with van der Waals surface area (Å²) in [7, 11) is 0. The lowest BCUT2D eigenvalue weighted by Crippen LogP contribution is -2.49. The maximum Gasteiger partial charge on any atom is 0.162 e. The molecule has 0 aromatic carbocycles. The fourth-order valence-corrected chi connectivity index (χ4v) is 4.92. The van der Waals surface area contributed by atoms with Gasteiger partial charge in [-0.1, -0.05) is 13.8 Å². The van der Waals surface area contributed by atoms with E-state index in [1.165, 1.54) is 30.7 Å². The fraction of sp³-hybridized carbons (Fsp3) is 0.370. The van der Waals surface area contributed by atoms with Crippen LogP contribution in [0.15, 0.2) is 49.2 Å². The molecule has 0 radical (unpaired) electrons. The predicted molar refractivity (Wildman–Crippen MR) is 139 cm³/mol. The van der Waals surface area contributed by atoms with Crippen LogP contribution in [0.5, 0.6) is 0 Å². The molecule has 2 fully saturated rings. The number of halogens is 1. The number of nitrogens with zero attached hydrogens (tertiary/aromatic N) is 5. The van der Waals surface area contributed by atoms with Gasteiger partial charge in [0.25, 0.3) is 0 Å². The summed E-state index contributed by atoms with van der Waals surface area (Å²) in [6.45, 7) is 6.49. The molecule has 1 saturated heterocycles. The number of anilines is 3. The van der Waals surface area contributed by atoms with Gasteiger partial charge in [-0.2, -0.15) is 0 Å². The molecular weight excluding hydrogens is 455 g/mol. The Bertz CT molecular complexity index is 1420. The fourth-order valence-electron chi connectivity index (χ4n) is 4.92. The van der Waals surface area contributed by atoms with Crippen molar-refractivity contribution in [2.24, 2.45) is 5.41 Å². The highest BCUT2D eigenvalue weighted by Gasteiger charge is 2.34. The summed E-state index contributed by atoms with van der Waals surface area (Å²) < 4.78 is 13.6. The minimum absolute atomic E-state index is 0.0786. The Morgan fingerprint density at radius 1 is 1.03 bits per heavy atom. The average molecular weight is 485 g/mol. The second-order valence-corrected chi connectivity index (χ2v) is 10.4. The third-order valence-corrected chi connectivity index (χ3v) is 7.09. The van der Waals surface area contributed by atoms with Crippen LogP contribution >= 0.6 is 0 Å². The van der Waals surface area contributed by atoms with Gasteiger partial charge in [0, 0.05) is 42.0 Å². The molecule has 184 valence electrons. The Balaban J connectivity index is 1.42. The van der Waals surface area contributed by atoms with E-state index in [9.17, 15) is 4.39 Å². The molecule has 4 aromatic rings. The van der Waals surface area contributed by atoms with Crippen molar-refractivity contribution in [2.75, 3.05) is 23.7 Å². The van der Waals surface area contributed by atoms with E-state index in [1.807, 2.05) is 24.5 Å². The Labute approximate surface area is 209 Å². The van der Waals surface area contributed by atoms with Gasteiger partial charge in [0.15, 0.2) is 5.82 Å². The first kappa shape index (κ1) is 22.7. The van der Waals surface area contributed by atoms with Crippen molar-refractivity contribution >= 4 is 28.2 Å². The van der Waals surface area contributed by atoms with Gasteiger partial charge in [-0.25, -0.2) is 19.3 Å². The summed E-state index contributed by atoms with van der Waals surface area (Å²) in [4.78, 5) is 22.8. The third-order valence-electron chi connectivity index (χ3n) is 7.09. The topological polar surface area (TPSA) is 101 Å². The molecule has 0 unspecified atom stereocenters. The Hall–Kier alpha value is -3.72. The van der Waals surface area contributed by atoms with Crippen LogP contribution in [0.25, 0.3) is 22.3 Å². The molecule has 1 atom stereocenters. The molecule has 0 spiro atoms. The lowest BCUT2D eigenvalue weighted by atomic mass is 9.80. The number of piperidine rings is 1. The van der Waals surface area contributed by atoms with Crippen LogP contribution in [0.3, 0.4) is 0 Å². The lowest BCUT2D eigenvalue weighted by Gasteiger charge is -2.40. The van der Waals surface area contributed by atoms with Crippen LogP contribution in [0, 0.1) is 11.2 Å². The highest BCUT2D eigenvalue weighted by atomic mass is 19.1. The summed E-state index contributed by atoms with van der Waals surface area (Å²) in [6, 6.07) is 5.40. The minimum atomic E-state index is -0.412. The molecule has 1 aliphatic carbocycles. The van der Waals surface area contributed by atoms with Crippen LogP contribution < -0.4 is 16.0 Å². The quantitative estimate of drug-likeness (QED) is 0.350. The van der Waals surface area contributed by atoms with Gasteiger partial charge in [-0.05, 0) is 54.8 Å². The van der Waals surface area contributed by atoms with Gasteiger partial charge in [-0.3, -0.25) is 9.97 Å². The molecule has 6 rings (SSSR count). The first-order valence-corrected chi connectivity index (χ1v) is 12.4. The number of hydrogen-bond acceptors (Lipinski definition) is 8. The summed E-state index contributed by atoms with van der Waals surface area (Å²) >= 11 is 0. The largest absolute Gasteiger partial charge is 0.366 e. The summed E-state index contributed by atoms with van der Waals surface area (Å²) in [5.41, 5.74) is 3.47. The SMILES string of the molecule is CC1(C)CNCC[C@@H]1Nc1nc(-c2ccnc(Nc3cncc(F)c3)c2)nc2cncc(C3CC3)c12. The molecule has 36 heavy (non-hydrogen) atoms. The number of hydrogen-bond donors (Lipinski definition) is 3. The summed E-state index contributed by atoms with van der Waals surface area (Å²) in [5, 5.41) is 11.5. The molecule has 9 heteroatoms. The lowest BCUT2D eigenvalue weighted by molar-refractivity contribution is 0.236. The normalized spacial score (nSPS) is 19.2. The van der Waals surface area contributed by atoms with Crippen molar-refractivity contribution in [2.45, 2.75) is 45.1 Å². The molecule has 0 bridgehead atoms. The van der Waals surface area contributed by atoms with E-state index in [2.05, 4.69) is 44.7 Å². The monoisotopic (exact) mass is 484 g/mol. The highest BCUT2D eigenvalue weighted by molar-refractivity contribution is 5.93. The first-order valence-electron chi connectivity index (χ1n) is 12.4. The molecular formula is C27H29FN8. The van der Waals surface area contributed by atoms with Crippen molar-refractivity contribution < 1.29 is 4.39 Å². The highest BCUT2D eigenvalue weighted by Crippen LogP contribution is 2.44. The van der Waals surface area contributed by atoms with E-state index < -0.39 is 5.82 Å². The first-order chi connectivity index (χ1) is 17.5. The smallest absolute Gasteiger partial charge is 0.162 e. The molecule has 1 aliphatic heterocycles. The van der Waals surface area contributed by atoms with Gasteiger partial charge in [0.1, 0.15) is 17.5 Å². The van der Waals surface area contributed by atoms with Gasteiger partial charge in [0.2, 0.25) is 0 Å². The minimum Gasteiger partial charge on any atom is -0.366 e. The van der Waals surface area contributed by atoms with Crippen molar-refractivity contribution in [3.63, 3.8) is 0 Å². The second kappa shape index (κ2) is 9.05. The van der Waals surface area contributed by atoms with E-state index in [0.717, 1.165) is 41.8 Å². The zero-order valence-electron chi connectivity index (χ0n) is 20.4. The predicted octanol–water partition coefficient (Wildman–Crippen LogP) is 5.04. The Kier molecular flexibility index (Phi) is 5.72. The summed E-state index contributed by atoms with van der Waals surface area (Å²) in [6.07, 6.45) is 11.6. The standard InChI is InChI=1S/C27H29FN8/c1-27(2)15-29-7-6-22(27)35-26-24-20(16-3-4-16)13-31-14-21(24)34-25(36-26)17-5-8-32-23(9-17)33-19-10-18(28)11-30-12-19/h5,8-14,16,22,29H,3-4,6-7,15H2,1-2H3,(H,32,33)(H,34,35,36)/t22-/m0/s1. The molecule has 0 amide bonds. The van der Waals surface area contributed by atoms with Crippen LogP contribution in [0.1, 0.15) is 44.6 Å². The van der Waals surface area contributed by atoms with Crippen molar-refractivity contribution in [1.29, 1.82) is 0 Å². The summed E-state index contributed by atoms with van der Waals surface area (Å²) in [5.74, 6) is 2.12. The van der Waals surface area contributed by atoms with Gasteiger partial charge < -0.3 is 16.0 Å². The maximum atomic E-state index is 13.6. The molecule has 1 saturated carbocycles. The van der Waals surface area contributed by atoms with E-state index in [-0.39, 0.29) is 11.5 Å². The molecule has 8 nitrogen and oxygen atoms in total. The van der Waals surface area contributed by atoms with E-state index >= 15 is 0 Å².